The van der Waals surface area contributed by atoms with Crippen LogP contribution < -0.4 is 0 Å². The van der Waals surface area contributed by atoms with Crippen molar-refractivity contribution in [3.05, 3.63) is 70.2 Å². The molecule has 0 atom stereocenters. The molecule has 24 heavy (non-hydrogen) atoms. The van der Waals surface area contributed by atoms with Gasteiger partial charge in [0.25, 0.3) is 0 Å². The number of carbonyl (C=O) groups excluding carboxylic acids is 2. The van der Waals surface area contributed by atoms with Gasteiger partial charge in [0.2, 0.25) is 5.78 Å². The Kier molecular flexibility index (Phi) is 4.86. The van der Waals surface area contributed by atoms with Crippen LogP contribution in [-0.2, 0) is 11.2 Å². The number of nitrogens with zero attached hydrogens (tertiary/aromatic N) is 2. The maximum Gasteiger partial charge on any atom is 0.341 e. The van der Waals surface area contributed by atoms with Gasteiger partial charge in [-0.1, -0.05) is 25.1 Å². The minimum atomic E-state index is -0.558. The van der Waals surface area contributed by atoms with Crippen molar-refractivity contribution in [2.24, 2.45) is 0 Å². The molecule has 0 spiro atoms. The molecular formula is C18H16N2O3S. The Balaban J connectivity index is 1.61. The summed E-state index contributed by atoms with van der Waals surface area (Å²) in [4.78, 5) is 25.9. The summed E-state index contributed by atoms with van der Waals surface area (Å²) in [7, 11) is 0. The average Bonchev–Trinajstić information content (AvgIpc) is 3.29. The highest BCUT2D eigenvalue weighted by Gasteiger charge is 2.15. The van der Waals surface area contributed by atoms with Crippen molar-refractivity contribution in [3.63, 3.8) is 0 Å². The van der Waals surface area contributed by atoms with Crippen molar-refractivity contribution in [2.75, 3.05) is 6.61 Å². The van der Waals surface area contributed by atoms with Gasteiger partial charge in [-0.2, -0.15) is 5.10 Å². The average molecular weight is 340 g/mol. The number of rotatable bonds is 6. The Morgan fingerprint density at radius 2 is 1.96 bits per heavy atom. The summed E-state index contributed by atoms with van der Waals surface area (Å²) in [6, 6.07) is 13.1. The third kappa shape index (κ3) is 3.60. The van der Waals surface area contributed by atoms with Crippen LogP contribution in [0.25, 0.3) is 5.69 Å². The van der Waals surface area contributed by atoms with Gasteiger partial charge < -0.3 is 4.74 Å². The quantitative estimate of drug-likeness (QED) is 0.509. The van der Waals surface area contributed by atoms with E-state index in [0.717, 1.165) is 17.0 Å². The zero-order valence-electron chi connectivity index (χ0n) is 13.1. The van der Waals surface area contributed by atoms with Gasteiger partial charge in [0, 0.05) is 11.1 Å². The molecule has 0 amide bonds. The highest BCUT2D eigenvalue weighted by molar-refractivity contribution is 7.14. The normalized spacial score (nSPS) is 10.5. The minimum Gasteiger partial charge on any atom is -0.454 e. The van der Waals surface area contributed by atoms with Crippen LogP contribution in [0.3, 0.4) is 0 Å². The molecule has 0 radical (unpaired) electrons. The van der Waals surface area contributed by atoms with E-state index in [1.54, 1.807) is 16.9 Å². The van der Waals surface area contributed by atoms with Crippen LogP contribution in [-0.4, -0.2) is 28.1 Å². The lowest BCUT2D eigenvalue weighted by atomic mass is 10.3. The van der Waals surface area contributed by atoms with E-state index in [4.69, 9.17) is 4.74 Å². The molecule has 2 heterocycles. The van der Waals surface area contributed by atoms with E-state index in [1.807, 2.05) is 43.3 Å². The van der Waals surface area contributed by atoms with Gasteiger partial charge in [0.1, 0.15) is 0 Å². The number of hydrogen-bond acceptors (Lipinski definition) is 5. The lowest BCUT2D eigenvalue weighted by molar-refractivity contribution is 0.0476. The Hall–Kier alpha value is -2.73. The van der Waals surface area contributed by atoms with Gasteiger partial charge >= 0.3 is 5.97 Å². The second-order valence-corrected chi connectivity index (χ2v) is 6.30. The SMILES string of the molecule is CCc1ccc(C(=O)COC(=O)c2cnn(-c3ccccc3)c2)s1. The number of hydrogen-bond donors (Lipinski definition) is 0. The van der Waals surface area contributed by atoms with E-state index in [-0.39, 0.29) is 12.4 Å². The van der Waals surface area contributed by atoms with Crippen LogP contribution in [0.15, 0.2) is 54.9 Å². The molecule has 122 valence electrons. The fraction of sp³-hybridized carbons (Fsp3) is 0.167. The summed E-state index contributed by atoms with van der Waals surface area (Å²) in [5.74, 6) is -0.749. The zero-order valence-corrected chi connectivity index (χ0v) is 14.0. The lowest BCUT2D eigenvalue weighted by Gasteiger charge is -2.01. The maximum absolute atomic E-state index is 12.1. The van der Waals surface area contributed by atoms with E-state index in [2.05, 4.69) is 5.10 Å². The molecule has 3 aromatic rings. The molecule has 0 aliphatic heterocycles. The number of esters is 1. The van der Waals surface area contributed by atoms with Gasteiger partial charge in [-0.3, -0.25) is 4.79 Å². The molecule has 0 N–H and O–H groups in total. The first kappa shape index (κ1) is 16.1. The smallest absolute Gasteiger partial charge is 0.341 e. The van der Waals surface area contributed by atoms with Crippen molar-refractivity contribution in [1.82, 2.24) is 9.78 Å². The van der Waals surface area contributed by atoms with Gasteiger partial charge in [-0.25, -0.2) is 9.48 Å². The molecule has 0 bridgehead atoms. The highest BCUT2D eigenvalue weighted by Crippen LogP contribution is 2.17. The van der Waals surface area contributed by atoms with Crippen LogP contribution in [0, 0.1) is 0 Å². The Morgan fingerprint density at radius 3 is 2.67 bits per heavy atom. The number of aromatic nitrogens is 2. The number of thiophene rings is 1. The molecular weight excluding hydrogens is 324 g/mol. The topological polar surface area (TPSA) is 61.2 Å². The monoisotopic (exact) mass is 340 g/mol. The molecule has 0 fully saturated rings. The molecule has 5 nitrogen and oxygen atoms in total. The molecule has 0 saturated carbocycles. The number of benzene rings is 1. The molecule has 0 aliphatic carbocycles. The molecule has 6 heteroatoms. The highest BCUT2D eigenvalue weighted by atomic mass is 32.1. The number of aryl methyl sites for hydroxylation is 1. The summed E-state index contributed by atoms with van der Waals surface area (Å²) in [5, 5.41) is 4.14. The fourth-order valence-electron chi connectivity index (χ4n) is 2.15. The van der Waals surface area contributed by atoms with Crippen molar-refractivity contribution in [2.45, 2.75) is 13.3 Å². The fourth-order valence-corrected chi connectivity index (χ4v) is 3.03. The molecule has 0 unspecified atom stereocenters. The second kappa shape index (κ2) is 7.23. The van der Waals surface area contributed by atoms with E-state index < -0.39 is 5.97 Å². The number of ketones is 1. The van der Waals surface area contributed by atoms with Crippen molar-refractivity contribution >= 4 is 23.1 Å². The van der Waals surface area contributed by atoms with Gasteiger partial charge in [0.05, 0.1) is 22.3 Å². The minimum absolute atomic E-state index is 0.191. The Bertz CT molecular complexity index is 852. The van der Waals surface area contributed by atoms with Gasteiger partial charge in [-0.15, -0.1) is 11.3 Å². The van der Waals surface area contributed by atoms with E-state index >= 15 is 0 Å². The standard InChI is InChI=1S/C18H16N2O3S/c1-2-15-8-9-17(24-15)16(21)12-23-18(22)13-10-19-20(11-13)14-6-4-3-5-7-14/h3-11H,2,12H2,1H3. The third-order valence-electron chi connectivity index (χ3n) is 3.46. The van der Waals surface area contributed by atoms with Gasteiger partial charge in [-0.05, 0) is 30.7 Å². The number of carbonyl (C=O) groups is 2. The largest absolute Gasteiger partial charge is 0.454 e. The van der Waals surface area contributed by atoms with Crippen LogP contribution in [0.5, 0.6) is 0 Å². The van der Waals surface area contributed by atoms with Crippen LogP contribution in [0.2, 0.25) is 0 Å². The van der Waals surface area contributed by atoms with Crippen molar-refractivity contribution < 1.29 is 14.3 Å². The molecule has 1 aromatic carbocycles. The predicted octanol–water partition coefficient (Wildman–Crippen LogP) is 3.54. The van der Waals surface area contributed by atoms with Crippen molar-refractivity contribution in [1.29, 1.82) is 0 Å². The number of ether oxygens (including phenoxy) is 1. The van der Waals surface area contributed by atoms with E-state index in [9.17, 15) is 9.59 Å². The van der Waals surface area contributed by atoms with E-state index in [0.29, 0.717) is 10.4 Å². The Labute approximate surface area is 143 Å². The predicted molar refractivity (Wildman–Crippen MR) is 91.9 cm³/mol. The summed E-state index contributed by atoms with van der Waals surface area (Å²) in [6.45, 7) is 1.77. The van der Waals surface area contributed by atoms with Gasteiger partial charge in [0.15, 0.2) is 6.61 Å². The third-order valence-corrected chi connectivity index (χ3v) is 4.73. The van der Waals surface area contributed by atoms with E-state index in [1.165, 1.54) is 17.5 Å². The molecule has 2 aromatic heterocycles. The van der Waals surface area contributed by atoms with Crippen LogP contribution in [0.4, 0.5) is 0 Å². The first-order valence-corrected chi connectivity index (χ1v) is 8.38. The number of para-hydroxylation sites is 1. The first-order valence-electron chi connectivity index (χ1n) is 7.56. The van der Waals surface area contributed by atoms with Crippen LogP contribution in [0.1, 0.15) is 31.8 Å². The first-order chi connectivity index (χ1) is 11.7. The Morgan fingerprint density at radius 1 is 1.17 bits per heavy atom. The molecule has 0 saturated heterocycles. The lowest BCUT2D eigenvalue weighted by Crippen LogP contribution is -2.13. The zero-order chi connectivity index (χ0) is 16.9. The maximum atomic E-state index is 12.1. The van der Waals surface area contributed by atoms with Crippen LogP contribution >= 0.6 is 11.3 Å². The van der Waals surface area contributed by atoms with Crippen molar-refractivity contribution in [3.8, 4) is 5.69 Å². The summed E-state index contributed by atoms with van der Waals surface area (Å²) in [5.41, 5.74) is 1.16. The molecule has 0 aliphatic rings. The summed E-state index contributed by atoms with van der Waals surface area (Å²) in [6.07, 6.45) is 3.90. The molecule has 3 rings (SSSR count). The summed E-state index contributed by atoms with van der Waals surface area (Å²) >= 11 is 1.43. The summed E-state index contributed by atoms with van der Waals surface area (Å²) < 4.78 is 6.69. The second-order valence-electron chi connectivity index (χ2n) is 5.13. The number of Topliss-reactive ketones (excluding diaryl/α,β-unsaturated/α-hetero) is 1.